The van der Waals surface area contributed by atoms with Crippen molar-refractivity contribution in [3.05, 3.63) is 23.8 Å². The van der Waals surface area contributed by atoms with Crippen LogP contribution in [-0.4, -0.2) is 35.4 Å². The number of hydrogen-bond acceptors (Lipinski definition) is 4. The molecule has 0 radical (unpaired) electrons. The van der Waals surface area contributed by atoms with Crippen LogP contribution in [0.2, 0.25) is 0 Å². The van der Waals surface area contributed by atoms with Gasteiger partial charge in [-0.2, -0.15) is 0 Å². The van der Waals surface area contributed by atoms with Crippen molar-refractivity contribution < 1.29 is 15.0 Å². The molecule has 17 heavy (non-hydrogen) atoms. The Bertz CT molecular complexity index is 434. The molecule has 5 heteroatoms. The lowest BCUT2D eigenvalue weighted by Gasteiger charge is -2.33. The maximum absolute atomic E-state index is 11.0. The van der Waals surface area contributed by atoms with Crippen LogP contribution in [0, 0.1) is 0 Å². The van der Waals surface area contributed by atoms with Crippen LogP contribution in [-0.2, 0) is 0 Å². The van der Waals surface area contributed by atoms with Crippen LogP contribution in [0.4, 0.5) is 11.4 Å². The fourth-order valence-corrected chi connectivity index (χ4v) is 2.19. The van der Waals surface area contributed by atoms with Gasteiger partial charge in [-0.25, -0.2) is 4.79 Å². The molecule has 1 fully saturated rings. The largest absolute Gasteiger partial charge is 0.478 e. The van der Waals surface area contributed by atoms with Crippen molar-refractivity contribution in [3.8, 4) is 0 Å². The molecule has 1 aliphatic rings. The van der Waals surface area contributed by atoms with Crippen molar-refractivity contribution in [2.24, 2.45) is 0 Å². The maximum Gasteiger partial charge on any atom is 0.337 e. The smallest absolute Gasteiger partial charge is 0.337 e. The Morgan fingerprint density at radius 1 is 1.47 bits per heavy atom. The van der Waals surface area contributed by atoms with E-state index < -0.39 is 5.97 Å². The highest BCUT2D eigenvalue weighted by Crippen LogP contribution is 2.29. The third-order valence-electron chi connectivity index (χ3n) is 3.05. The predicted molar refractivity (Wildman–Crippen MR) is 65.3 cm³/mol. The zero-order chi connectivity index (χ0) is 12.4. The van der Waals surface area contributed by atoms with Gasteiger partial charge in [-0.05, 0) is 25.0 Å². The van der Waals surface area contributed by atoms with E-state index in [9.17, 15) is 9.90 Å². The van der Waals surface area contributed by atoms with Crippen LogP contribution in [0.5, 0.6) is 0 Å². The number of anilines is 2. The fraction of sp³-hybridized carbons (Fsp3) is 0.417. The summed E-state index contributed by atoms with van der Waals surface area (Å²) in [5.74, 6) is -1.03. The SMILES string of the molecule is Nc1c(C(=O)O)cccc1N1CCCC(O)C1. The van der Waals surface area contributed by atoms with Crippen molar-refractivity contribution in [2.45, 2.75) is 18.9 Å². The number of aromatic carboxylic acids is 1. The summed E-state index contributed by atoms with van der Waals surface area (Å²) in [5, 5.41) is 18.6. The Balaban J connectivity index is 2.32. The summed E-state index contributed by atoms with van der Waals surface area (Å²) < 4.78 is 0. The summed E-state index contributed by atoms with van der Waals surface area (Å²) in [4.78, 5) is 12.9. The summed E-state index contributed by atoms with van der Waals surface area (Å²) in [6, 6.07) is 4.96. The molecule has 0 aliphatic carbocycles. The van der Waals surface area contributed by atoms with Gasteiger partial charge >= 0.3 is 5.97 Å². The number of carbonyl (C=O) groups is 1. The van der Waals surface area contributed by atoms with Crippen LogP contribution >= 0.6 is 0 Å². The highest BCUT2D eigenvalue weighted by atomic mass is 16.4. The van der Waals surface area contributed by atoms with Crippen molar-refractivity contribution >= 4 is 17.3 Å². The number of carboxylic acid groups (broad SMARTS) is 1. The Morgan fingerprint density at radius 3 is 2.88 bits per heavy atom. The number of nitrogens with zero attached hydrogens (tertiary/aromatic N) is 1. The number of nitrogens with two attached hydrogens (primary N) is 1. The molecule has 1 aromatic carbocycles. The topological polar surface area (TPSA) is 86.8 Å². The lowest BCUT2D eigenvalue weighted by atomic mass is 10.1. The third-order valence-corrected chi connectivity index (χ3v) is 3.05. The van der Waals surface area contributed by atoms with Crippen LogP contribution in [0.1, 0.15) is 23.2 Å². The van der Waals surface area contributed by atoms with Gasteiger partial charge in [-0.3, -0.25) is 0 Å². The zero-order valence-electron chi connectivity index (χ0n) is 9.47. The molecule has 1 atom stereocenters. The average molecular weight is 236 g/mol. The van der Waals surface area contributed by atoms with Gasteiger partial charge in [0.15, 0.2) is 0 Å². The molecule has 0 amide bonds. The fourth-order valence-electron chi connectivity index (χ4n) is 2.19. The Hall–Kier alpha value is -1.75. The molecule has 4 N–H and O–H groups in total. The van der Waals surface area contributed by atoms with E-state index in [1.165, 1.54) is 6.07 Å². The maximum atomic E-state index is 11.0. The second kappa shape index (κ2) is 4.63. The molecular formula is C12H16N2O3. The van der Waals surface area contributed by atoms with Gasteiger partial charge in [0.1, 0.15) is 0 Å². The molecule has 1 aromatic rings. The van der Waals surface area contributed by atoms with E-state index in [1.54, 1.807) is 12.1 Å². The molecule has 2 rings (SSSR count). The Labute approximate surface area is 99.5 Å². The monoisotopic (exact) mass is 236 g/mol. The molecule has 1 saturated heterocycles. The third kappa shape index (κ3) is 2.34. The molecule has 1 unspecified atom stereocenters. The van der Waals surface area contributed by atoms with Gasteiger partial charge in [-0.1, -0.05) is 6.07 Å². The first-order valence-corrected chi connectivity index (χ1v) is 5.64. The molecular weight excluding hydrogens is 220 g/mol. The molecule has 1 heterocycles. The number of rotatable bonds is 2. The summed E-state index contributed by atoms with van der Waals surface area (Å²) in [7, 11) is 0. The van der Waals surface area contributed by atoms with E-state index in [0.29, 0.717) is 12.2 Å². The highest BCUT2D eigenvalue weighted by Gasteiger charge is 2.21. The van der Waals surface area contributed by atoms with Crippen LogP contribution in [0.3, 0.4) is 0 Å². The number of aliphatic hydroxyl groups excluding tert-OH is 1. The standard InChI is InChI=1S/C12H16N2O3/c13-11-9(12(16)17)4-1-5-10(11)14-6-2-3-8(15)7-14/h1,4-5,8,15H,2-3,6-7,13H2,(H,16,17). The number of hydrogen-bond donors (Lipinski definition) is 3. The second-order valence-corrected chi connectivity index (χ2v) is 4.29. The van der Waals surface area contributed by atoms with Gasteiger partial charge in [0.2, 0.25) is 0 Å². The van der Waals surface area contributed by atoms with E-state index in [4.69, 9.17) is 10.8 Å². The van der Waals surface area contributed by atoms with Gasteiger partial charge in [0.05, 0.1) is 23.0 Å². The minimum Gasteiger partial charge on any atom is -0.478 e. The minimum atomic E-state index is -1.03. The number of para-hydroxylation sites is 1. The first kappa shape index (κ1) is 11.7. The van der Waals surface area contributed by atoms with Crippen LogP contribution in [0.25, 0.3) is 0 Å². The van der Waals surface area contributed by atoms with Gasteiger partial charge in [-0.15, -0.1) is 0 Å². The summed E-state index contributed by atoms with van der Waals surface area (Å²) in [6.07, 6.45) is 1.31. The lowest BCUT2D eigenvalue weighted by molar-refractivity contribution is 0.0698. The van der Waals surface area contributed by atoms with Crippen LogP contribution < -0.4 is 10.6 Å². The molecule has 0 saturated carbocycles. The zero-order valence-corrected chi connectivity index (χ0v) is 9.47. The number of nitrogen functional groups attached to an aromatic ring is 1. The average Bonchev–Trinajstić information content (AvgIpc) is 2.29. The number of piperidine rings is 1. The van der Waals surface area contributed by atoms with Crippen molar-refractivity contribution in [1.82, 2.24) is 0 Å². The van der Waals surface area contributed by atoms with Crippen molar-refractivity contribution in [1.29, 1.82) is 0 Å². The lowest BCUT2D eigenvalue weighted by Crippen LogP contribution is -2.38. The number of β-amino-alcohol motifs (C(OH)–C–C–N with tert-alkyl or cyclic N) is 1. The van der Waals surface area contributed by atoms with Crippen molar-refractivity contribution in [3.63, 3.8) is 0 Å². The highest BCUT2D eigenvalue weighted by molar-refractivity contribution is 5.97. The van der Waals surface area contributed by atoms with Crippen LogP contribution in [0.15, 0.2) is 18.2 Å². The van der Waals surface area contributed by atoms with E-state index in [2.05, 4.69) is 0 Å². The Kier molecular flexibility index (Phi) is 3.19. The molecule has 5 nitrogen and oxygen atoms in total. The Morgan fingerprint density at radius 2 is 2.24 bits per heavy atom. The van der Waals surface area contributed by atoms with Gasteiger partial charge in [0.25, 0.3) is 0 Å². The van der Waals surface area contributed by atoms with Gasteiger partial charge in [0, 0.05) is 13.1 Å². The first-order valence-electron chi connectivity index (χ1n) is 5.64. The normalized spacial score (nSPS) is 20.3. The summed E-state index contributed by atoms with van der Waals surface area (Å²) >= 11 is 0. The predicted octanol–water partition coefficient (Wildman–Crippen LogP) is 0.928. The summed E-state index contributed by atoms with van der Waals surface area (Å²) in [5.41, 5.74) is 6.94. The van der Waals surface area contributed by atoms with Gasteiger partial charge < -0.3 is 20.8 Å². The molecule has 0 bridgehead atoms. The molecule has 92 valence electrons. The number of carboxylic acids is 1. The molecule has 0 spiro atoms. The number of aliphatic hydroxyl groups is 1. The van der Waals surface area contributed by atoms with E-state index in [1.807, 2.05) is 4.90 Å². The minimum absolute atomic E-state index is 0.113. The first-order chi connectivity index (χ1) is 8.09. The molecule has 0 aromatic heterocycles. The quantitative estimate of drug-likeness (QED) is 0.665. The second-order valence-electron chi connectivity index (χ2n) is 4.29. The van der Waals surface area contributed by atoms with E-state index >= 15 is 0 Å². The summed E-state index contributed by atoms with van der Waals surface area (Å²) in [6.45, 7) is 1.30. The van der Waals surface area contributed by atoms with Crippen molar-refractivity contribution in [2.75, 3.05) is 23.7 Å². The van der Waals surface area contributed by atoms with E-state index in [0.717, 1.165) is 19.4 Å². The van der Waals surface area contributed by atoms with E-state index in [-0.39, 0.29) is 17.4 Å². The number of benzene rings is 1. The molecule has 1 aliphatic heterocycles.